The Morgan fingerprint density at radius 2 is 2.24 bits per heavy atom. The van der Waals surface area contributed by atoms with Gasteiger partial charge in [-0.05, 0) is 18.6 Å². The van der Waals surface area contributed by atoms with E-state index in [0.29, 0.717) is 30.2 Å². The summed E-state index contributed by atoms with van der Waals surface area (Å²) in [5.74, 6) is 0.648. The van der Waals surface area contributed by atoms with Crippen molar-refractivity contribution in [2.75, 3.05) is 18.5 Å². The molecule has 1 aliphatic rings. The maximum Gasteiger partial charge on any atom is 0.424 e. The van der Waals surface area contributed by atoms with Crippen molar-refractivity contribution in [2.45, 2.75) is 12.8 Å². The Bertz CT molecular complexity index is 734. The highest BCUT2D eigenvalue weighted by Gasteiger charge is 2.18. The van der Waals surface area contributed by atoms with Gasteiger partial charge in [0, 0.05) is 13.0 Å². The van der Waals surface area contributed by atoms with Crippen LogP contribution in [0.4, 0.5) is 5.82 Å². The summed E-state index contributed by atoms with van der Waals surface area (Å²) >= 11 is 0. The summed E-state index contributed by atoms with van der Waals surface area (Å²) in [5, 5.41) is 11.4. The SMILES string of the molecule is O=C1COc2ccc(-n3cc(CCCO)oc3=O)nc2N1. The van der Waals surface area contributed by atoms with Gasteiger partial charge >= 0.3 is 5.76 Å². The first-order valence-corrected chi connectivity index (χ1v) is 6.43. The summed E-state index contributed by atoms with van der Waals surface area (Å²) in [6, 6.07) is 3.23. The van der Waals surface area contributed by atoms with Crippen LogP contribution in [0.25, 0.3) is 5.82 Å². The number of hydrogen-bond acceptors (Lipinski definition) is 6. The number of anilines is 1. The number of carbonyl (C=O) groups excluding carboxylic acids is 1. The predicted molar refractivity (Wildman–Crippen MR) is 71.6 cm³/mol. The minimum atomic E-state index is -0.571. The highest BCUT2D eigenvalue weighted by molar-refractivity contribution is 5.94. The van der Waals surface area contributed by atoms with E-state index in [-0.39, 0.29) is 24.9 Å². The van der Waals surface area contributed by atoms with Crippen molar-refractivity contribution in [2.24, 2.45) is 0 Å². The molecule has 0 saturated carbocycles. The van der Waals surface area contributed by atoms with Crippen molar-refractivity contribution in [1.82, 2.24) is 9.55 Å². The van der Waals surface area contributed by atoms with Gasteiger partial charge in [0.25, 0.3) is 5.91 Å². The van der Waals surface area contributed by atoms with Crippen molar-refractivity contribution in [3.8, 4) is 11.6 Å². The number of oxazole rings is 1. The molecule has 8 heteroatoms. The average molecular weight is 291 g/mol. The van der Waals surface area contributed by atoms with Crippen LogP contribution in [0, 0.1) is 0 Å². The van der Waals surface area contributed by atoms with Crippen LogP contribution in [0.2, 0.25) is 0 Å². The second-order valence-electron chi connectivity index (χ2n) is 4.51. The number of ether oxygens (including phenoxy) is 1. The summed E-state index contributed by atoms with van der Waals surface area (Å²) in [4.78, 5) is 27.3. The normalized spacial score (nSPS) is 13.5. The van der Waals surface area contributed by atoms with E-state index in [1.165, 1.54) is 10.8 Å². The fourth-order valence-corrected chi connectivity index (χ4v) is 2.00. The molecule has 1 aliphatic heterocycles. The predicted octanol–water partition coefficient (Wildman–Crippen LogP) is 0.0813. The molecule has 0 aromatic carbocycles. The number of nitrogens with zero attached hydrogens (tertiary/aromatic N) is 2. The number of amides is 1. The summed E-state index contributed by atoms with van der Waals surface area (Å²) < 4.78 is 11.5. The molecule has 0 bridgehead atoms. The first-order valence-electron chi connectivity index (χ1n) is 6.43. The zero-order valence-electron chi connectivity index (χ0n) is 11.0. The van der Waals surface area contributed by atoms with E-state index in [9.17, 15) is 9.59 Å². The van der Waals surface area contributed by atoms with E-state index >= 15 is 0 Å². The maximum absolute atomic E-state index is 11.8. The third-order valence-corrected chi connectivity index (χ3v) is 2.98. The van der Waals surface area contributed by atoms with Gasteiger partial charge in [0.15, 0.2) is 18.2 Å². The largest absolute Gasteiger partial charge is 0.480 e. The van der Waals surface area contributed by atoms with E-state index < -0.39 is 5.76 Å². The number of hydrogen-bond donors (Lipinski definition) is 2. The molecular formula is C13H13N3O5. The summed E-state index contributed by atoms with van der Waals surface area (Å²) in [6.45, 7) is -0.0274. The Morgan fingerprint density at radius 1 is 1.38 bits per heavy atom. The number of carbonyl (C=O) groups is 1. The van der Waals surface area contributed by atoms with Gasteiger partial charge in [-0.3, -0.25) is 4.79 Å². The van der Waals surface area contributed by atoms with Gasteiger partial charge in [0.1, 0.15) is 11.6 Å². The van der Waals surface area contributed by atoms with Gasteiger partial charge < -0.3 is 19.6 Å². The molecule has 8 nitrogen and oxygen atoms in total. The molecule has 2 aromatic rings. The number of aliphatic hydroxyl groups excluding tert-OH is 1. The van der Waals surface area contributed by atoms with Crippen molar-refractivity contribution < 1.29 is 19.1 Å². The molecule has 0 saturated heterocycles. The number of pyridine rings is 1. The Morgan fingerprint density at radius 3 is 3.05 bits per heavy atom. The van der Waals surface area contributed by atoms with E-state index in [2.05, 4.69) is 10.3 Å². The highest BCUT2D eigenvalue weighted by Crippen LogP contribution is 2.26. The first-order chi connectivity index (χ1) is 10.2. The number of rotatable bonds is 4. The second-order valence-corrected chi connectivity index (χ2v) is 4.51. The van der Waals surface area contributed by atoms with Crippen LogP contribution in [0.5, 0.6) is 5.75 Å². The molecule has 2 aromatic heterocycles. The van der Waals surface area contributed by atoms with E-state index in [4.69, 9.17) is 14.3 Å². The lowest BCUT2D eigenvalue weighted by Gasteiger charge is -2.17. The molecule has 3 heterocycles. The Balaban J connectivity index is 1.94. The van der Waals surface area contributed by atoms with Crippen LogP contribution in [0.1, 0.15) is 12.2 Å². The molecule has 0 fully saturated rings. The Hall–Kier alpha value is -2.61. The van der Waals surface area contributed by atoms with Crippen LogP contribution in [-0.4, -0.2) is 33.8 Å². The van der Waals surface area contributed by atoms with Gasteiger partial charge in [-0.1, -0.05) is 0 Å². The fraction of sp³-hybridized carbons (Fsp3) is 0.308. The summed E-state index contributed by atoms with van der Waals surface area (Å²) in [6.07, 6.45) is 2.50. The van der Waals surface area contributed by atoms with E-state index in [1.807, 2.05) is 0 Å². The lowest BCUT2D eigenvalue weighted by molar-refractivity contribution is -0.118. The molecule has 2 N–H and O–H groups in total. The minimum absolute atomic E-state index is 0.0232. The standard InChI is InChI=1S/C13H13N3O5/c17-5-1-2-8-6-16(13(19)21-8)10-4-3-9-12(14-10)15-11(18)7-20-9/h3-4,6,17H,1-2,5,7H2,(H,14,15,18). The van der Waals surface area contributed by atoms with Crippen molar-refractivity contribution in [1.29, 1.82) is 0 Å². The van der Waals surface area contributed by atoms with Crippen LogP contribution in [0.15, 0.2) is 27.5 Å². The van der Waals surface area contributed by atoms with Gasteiger partial charge in [-0.2, -0.15) is 0 Å². The Kier molecular flexibility index (Phi) is 3.44. The third-order valence-electron chi connectivity index (χ3n) is 2.98. The van der Waals surface area contributed by atoms with Gasteiger partial charge in [0.05, 0.1) is 6.20 Å². The van der Waals surface area contributed by atoms with Gasteiger partial charge in [-0.15, -0.1) is 0 Å². The van der Waals surface area contributed by atoms with Crippen LogP contribution >= 0.6 is 0 Å². The molecule has 0 unspecified atom stereocenters. The van der Waals surface area contributed by atoms with E-state index in [0.717, 1.165) is 0 Å². The quantitative estimate of drug-likeness (QED) is 0.826. The zero-order valence-corrected chi connectivity index (χ0v) is 11.0. The summed E-state index contributed by atoms with van der Waals surface area (Å²) in [7, 11) is 0. The monoisotopic (exact) mass is 291 g/mol. The molecule has 110 valence electrons. The van der Waals surface area contributed by atoms with Crippen LogP contribution in [-0.2, 0) is 11.2 Å². The Labute approximate surface area is 119 Å². The lowest BCUT2D eigenvalue weighted by Crippen LogP contribution is -2.26. The van der Waals surface area contributed by atoms with Crippen LogP contribution in [0.3, 0.4) is 0 Å². The molecular weight excluding hydrogens is 278 g/mol. The summed E-state index contributed by atoms with van der Waals surface area (Å²) in [5.41, 5.74) is 0. The number of nitrogens with one attached hydrogen (secondary N) is 1. The smallest absolute Gasteiger partial charge is 0.424 e. The molecule has 0 atom stereocenters. The number of aliphatic hydroxyl groups is 1. The lowest BCUT2D eigenvalue weighted by atomic mass is 10.3. The second kappa shape index (κ2) is 5.41. The molecule has 0 aliphatic carbocycles. The zero-order chi connectivity index (χ0) is 14.8. The third kappa shape index (κ3) is 2.65. The maximum atomic E-state index is 11.8. The molecule has 21 heavy (non-hydrogen) atoms. The molecule has 3 rings (SSSR count). The number of fused-ring (bicyclic) bond motifs is 1. The van der Waals surface area contributed by atoms with Crippen molar-refractivity contribution in [3.63, 3.8) is 0 Å². The average Bonchev–Trinajstić information content (AvgIpc) is 2.85. The highest BCUT2D eigenvalue weighted by atomic mass is 16.5. The first kappa shape index (κ1) is 13.4. The molecule has 0 spiro atoms. The molecule has 1 amide bonds. The number of aryl methyl sites for hydroxylation is 1. The fourth-order valence-electron chi connectivity index (χ4n) is 2.00. The van der Waals surface area contributed by atoms with Crippen molar-refractivity contribution in [3.05, 3.63) is 34.6 Å². The van der Waals surface area contributed by atoms with Gasteiger partial charge in [-0.25, -0.2) is 14.3 Å². The minimum Gasteiger partial charge on any atom is -0.480 e. The van der Waals surface area contributed by atoms with Crippen molar-refractivity contribution >= 4 is 11.7 Å². The van der Waals surface area contributed by atoms with Gasteiger partial charge in [0.2, 0.25) is 0 Å². The molecule has 0 radical (unpaired) electrons. The number of aromatic nitrogens is 2. The topological polar surface area (TPSA) is 107 Å². The van der Waals surface area contributed by atoms with E-state index in [1.54, 1.807) is 12.1 Å². The van der Waals surface area contributed by atoms with Crippen LogP contribution < -0.4 is 15.8 Å².